The number of halogens is 3. The van der Waals surface area contributed by atoms with Gasteiger partial charge in [0.1, 0.15) is 6.10 Å². The smallest absolute Gasteiger partial charge is 0.430 e. The van der Waals surface area contributed by atoms with Crippen molar-refractivity contribution in [1.29, 1.82) is 0 Å². The van der Waals surface area contributed by atoms with Gasteiger partial charge in [-0.2, -0.15) is 13.2 Å². The molecule has 0 aliphatic rings. The molecule has 0 fully saturated rings. The van der Waals surface area contributed by atoms with Crippen LogP contribution in [0.15, 0.2) is 108 Å². The van der Waals surface area contributed by atoms with Crippen LogP contribution in [-0.4, -0.2) is 21.0 Å². The van der Waals surface area contributed by atoms with Gasteiger partial charge in [-0.1, -0.05) is 66.7 Å². The normalized spacial score (nSPS) is 12.2. The molecule has 0 aliphatic heterocycles. The third-order valence-corrected chi connectivity index (χ3v) is 5.78. The third-order valence-electron chi connectivity index (χ3n) is 5.78. The highest BCUT2D eigenvalue weighted by molar-refractivity contribution is 6.03. The molecule has 2 heterocycles. The van der Waals surface area contributed by atoms with Gasteiger partial charge in [0.2, 0.25) is 11.7 Å². The number of pyridine rings is 1. The van der Waals surface area contributed by atoms with Crippen LogP contribution in [0.3, 0.4) is 0 Å². The first-order valence-electron chi connectivity index (χ1n) is 11.5. The lowest BCUT2D eigenvalue weighted by atomic mass is 10.0. The number of hydrogen-bond donors (Lipinski definition) is 2. The van der Waals surface area contributed by atoms with E-state index in [9.17, 15) is 23.1 Å². The van der Waals surface area contributed by atoms with Crippen molar-refractivity contribution < 1.29 is 27.5 Å². The van der Waals surface area contributed by atoms with Crippen LogP contribution in [0.25, 0.3) is 22.6 Å². The van der Waals surface area contributed by atoms with Gasteiger partial charge in [-0.3, -0.25) is 9.78 Å². The van der Waals surface area contributed by atoms with Crippen LogP contribution in [0.5, 0.6) is 0 Å². The molecule has 2 aromatic heterocycles. The summed E-state index contributed by atoms with van der Waals surface area (Å²) in [6.07, 6.45) is -4.12. The van der Waals surface area contributed by atoms with Crippen molar-refractivity contribution in [1.82, 2.24) is 9.97 Å². The van der Waals surface area contributed by atoms with E-state index in [4.69, 9.17) is 4.42 Å². The van der Waals surface area contributed by atoms with Crippen molar-refractivity contribution >= 4 is 11.6 Å². The van der Waals surface area contributed by atoms with Gasteiger partial charge in [0.05, 0.1) is 5.69 Å². The van der Waals surface area contributed by atoms with Crippen molar-refractivity contribution in [3.8, 4) is 22.6 Å². The van der Waals surface area contributed by atoms with E-state index in [-0.39, 0.29) is 11.6 Å². The third kappa shape index (κ3) is 5.33. The molecule has 0 spiro atoms. The maximum absolute atomic E-state index is 13.6. The Morgan fingerprint density at radius 2 is 1.45 bits per heavy atom. The van der Waals surface area contributed by atoms with E-state index in [1.54, 1.807) is 60.8 Å². The van der Waals surface area contributed by atoms with E-state index in [2.05, 4.69) is 15.3 Å². The Hall–Kier alpha value is -4.76. The Morgan fingerprint density at radius 3 is 2.05 bits per heavy atom. The molecule has 190 valence electrons. The molecule has 1 amide bonds. The summed E-state index contributed by atoms with van der Waals surface area (Å²) in [6, 6.07) is 27.2. The minimum Gasteiger partial charge on any atom is -0.430 e. The molecule has 0 aliphatic carbocycles. The molecule has 6 nitrogen and oxygen atoms in total. The summed E-state index contributed by atoms with van der Waals surface area (Å²) >= 11 is 0. The molecule has 5 aromatic rings. The zero-order valence-electron chi connectivity index (χ0n) is 19.7. The Bertz CT molecular complexity index is 1530. The molecular weight excluding hydrogens is 495 g/mol. The predicted molar refractivity (Wildman–Crippen MR) is 135 cm³/mol. The number of rotatable bonds is 6. The van der Waals surface area contributed by atoms with Gasteiger partial charge in [-0.25, -0.2) is 4.98 Å². The number of anilines is 1. The largest absolute Gasteiger partial charge is 0.437 e. The van der Waals surface area contributed by atoms with E-state index in [1.807, 2.05) is 30.3 Å². The van der Waals surface area contributed by atoms with Crippen LogP contribution in [0.4, 0.5) is 18.9 Å². The first-order chi connectivity index (χ1) is 18.3. The van der Waals surface area contributed by atoms with Crippen molar-refractivity contribution in [3.05, 3.63) is 126 Å². The molecular formula is C29H20F3N3O3. The maximum atomic E-state index is 13.6. The average molecular weight is 515 g/mol. The van der Waals surface area contributed by atoms with Crippen molar-refractivity contribution in [2.75, 3.05) is 5.32 Å². The highest BCUT2D eigenvalue weighted by Gasteiger charge is 2.41. The number of alkyl halides is 3. The van der Waals surface area contributed by atoms with Crippen LogP contribution in [0.1, 0.15) is 33.6 Å². The van der Waals surface area contributed by atoms with Crippen molar-refractivity contribution in [2.24, 2.45) is 0 Å². The monoisotopic (exact) mass is 515 g/mol. The van der Waals surface area contributed by atoms with Crippen LogP contribution in [0, 0.1) is 0 Å². The van der Waals surface area contributed by atoms with Gasteiger partial charge in [-0.15, -0.1) is 0 Å². The van der Waals surface area contributed by atoms with Gasteiger partial charge in [0.15, 0.2) is 5.69 Å². The Kier molecular flexibility index (Phi) is 6.76. The molecule has 38 heavy (non-hydrogen) atoms. The molecule has 1 atom stereocenters. The first-order valence-corrected chi connectivity index (χ1v) is 11.5. The Balaban J connectivity index is 1.32. The standard InChI is InChI=1S/C29H20F3N3O3/c30-29(31,32)26-25(38-28(35-26)20-9-5-2-6-10-20)27(37)34-22-14-11-18(12-15-22)21-13-16-23(33-17-21)24(36)19-7-3-1-4-8-19/h1-17,24,36H,(H,34,37). The van der Waals surface area contributed by atoms with E-state index in [1.165, 1.54) is 12.1 Å². The molecule has 0 radical (unpaired) electrons. The van der Waals surface area contributed by atoms with Crippen LogP contribution >= 0.6 is 0 Å². The molecule has 0 saturated heterocycles. The zero-order chi connectivity index (χ0) is 26.7. The zero-order valence-corrected chi connectivity index (χ0v) is 19.7. The van der Waals surface area contributed by atoms with E-state index < -0.39 is 29.6 Å². The van der Waals surface area contributed by atoms with Crippen LogP contribution in [-0.2, 0) is 6.18 Å². The number of aliphatic hydroxyl groups is 1. The SMILES string of the molecule is O=C(Nc1ccc(-c2ccc(C(O)c3ccccc3)nc2)cc1)c1oc(-c2ccccc2)nc1C(F)(F)F. The molecule has 5 rings (SSSR count). The maximum Gasteiger partial charge on any atom is 0.437 e. The second-order valence-corrected chi connectivity index (χ2v) is 8.38. The number of carbonyl (C=O) groups excluding carboxylic acids is 1. The molecule has 9 heteroatoms. The Labute approximate surface area is 215 Å². The number of nitrogens with one attached hydrogen (secondary N) is 1. The van der Waals surface area contributed by atoms with Crippen molar-refractivity contribution in [3.63, 3.8) is 0 Å². The lowest BCUT2D eigenvalue weighted by Crippen LogP contribution is -2.17. The summed E-state index contributed by atoms with van der Waals surface area (Å²) in [4.78, 5) is 20.6. The van der Waals surface area contributed by atoms with Gasteiger partial charge < -0.3 is 14.8 Å². The second kappa shape index (κ2) is 10.3. The van der Waals surface area contributed by atoms with Crippen molar-refractivity contribution in [2.45, 2.75) is 12.3 Å². The van der Waals surface area contributed by atoms with E-state index in [0.29, 0.717) is 11.3 Å². The molecule has 0 saturated carbocycles. The first kappa shape index (κ1) is 24.9. The second-order valence-electron chi connectivity index (χ2n) is 8.38. The summed E-state index contributed by atoms with van der Waals surface area (Å²) in [5, 5.41) is 13.0. The van der Waals surface area contributed by atoms with Gasteiger partial charge in [0, 0.05) is 23.0 Å². The number of nitrogens with zero attached hydrogens (tertiary/aromatic N) is 2. The number of aliphatic hydroxyl groups excluding tert-OH is 1. The number of benzene rings is 3. The summed E-state index contributed by atoms with van der Waals surface area (Å²) in [7, 11) is 0. The number of hydrogen-bond acceptors (Lipinski definition) is 5. The fourth-order valence-corrected chi connectivity index (χ4v) is 3.85. The molecule has 3 aromatic carbocycles. The Morgan fingerprint density at radius 1 is 0.816 bits per heavy atom. The number of aromatic nitrogens is 2. The van der Waals surface area contributed by atoms with Gasteiger partial charge >= 0.3 is 6.18 Å². The number of carbonyl (C=O) groups is 1. The number of amides is 1. The summed E-state index contributed by atoms with van der Waals surface area (Å²) in [6.45, 7) is 0. The van der Waals surface area contributed by atoms with Crippen LogP contribution < -0.4 is 5.32 Å². The fraction of sp³-hybridized carbons (Fsp3) is 0.0690. The topological polar surface area (TPSA) is 88.2 Å². The van der Waals surface area contributed by atoms with Crippen LogP contribution in [0.2, 0.25) is 0 Å². The fourth-order valence-electron chi connectivity index (χ4n) is 3.85. The predicted octanol–water partition coefficient (Wildman–Crippen LogP) is 6.76. The lowest BCUT2D eigenvalue weighted by molar-refractivity contribution is -0.141. The summed E-state index contributed by atoms with van der Waals surface area (Å²) in [5.41, 5.74) is 1.93. The molecule has 2 N–H and O–H groups in total. The molecule has 1 unspecified atom stereocenters. The van der Waals surface area contributed by atoms with E-state index in [0.717, 1.165) is 16.7 Å². The minimum atomic E-state index is -4.87. The lowest BCUT2D eigenvalue weighted by Gasteiger charge is -2.11. The minimum absolute atomic E-state index is 0.272. The highest BCUT2D eigenvalue weighted by atomic mass is 19.4. The summed E-state index contributed by atoms with van der Waals surface area (Å²) in [5.74, 6) is -2.29. The number of oxazole rings is 1. The van der Waals surface area contributed by atoms with E-state index >= 15 is 0 Å². The molecule has 0 bridgehead atoms. The van der Waals surface area contributed by atoms with Gasteiger partial charge in [-0.05, 0) is 41.5 Å². The average Bonchev–Trinajstić information content (AvgIpc) is 3.41. The highest BCUT2D eigenvalue weighted by Crippen LogP contribution is 2.35. The quantitative estimate of drug-likeness (QED) is 0.261. The van der Waals surface area contributed by atoms with Gasteiger partial charge in [0.25, 0.3) is 5.91 Å². The summed E-state index contributed by atoms with van der Waals surface area (Å²) < 4.78 is 45.9.